The van der Waals surface area contributed by atoms with Crippen LogP contribution in [0.4, 0.5) is 18.9 Å². The van der Waals surface area contributed by atoms with Crippen LogP contribution in [-0.2, 0) is 27.2 Å². The molecule has 32 heavy (non-hydrogen) atoms. The number of amidine groups is 1. The average molecular weight is 485 g/mol. The van der Waals surface area contributed by atoms with Crippen molar-refractivity contribution in [1.29, 1.82) is 0 Å². The van der Waals surface area contributed by atoms with E-state index in [0.717, 1.165) is 17.8 Å². The van der Waals surface area contributed by atoms with E-state index in [9.17, 15) is 26.4 Å². The van der Waals surface area contributed by atoms with E-state index in [-0.39, 0.29) is 28.8 Å². The highest BCUT2D eigenvalue weighted by Gasteiger charge is 2.51. The van der Waals surface area contributed by atoms with Gasteiger partial charge in [-0.1, -0.05) is 42.1 Å². The molecule has 170 valence electrons. The fourth-order valence-electron chi connectivity index (χ4n) is 3.93. The minimum Gasteiger partial charge on any atom is -0.496 e. The quantitative estimate of drug-likeness (QED) is 0.661. The van der Waals surface area contributed by atoms with Crippen LogP contribution in [0.5, 0.6) is 5.75 Å². The van der Waals surface area contributed by atoms with E-state index >= 15 is 0 Å². The summed E-state index contributed by atoms with van der Waals surface area (Å²) in [6, 6.07) is 11.1. The van der Waals surface area contributed by atoms with Gasteiger partial charge in [0.15, 0.2) is 15.0 Å². The molecule has 11 heteroatoms. The summed E-state index contributed by atoms with van der Waals surface area (Å²) in [6.45, 7) is 0. The van der Waals surface area contributed by atoms with Crippen LogP contribution in [0.15, 0.2) is 53.5 Å². The number of thioether (sulfide) groups is 1. The number of methoxy groups -OCH3 is 1. The second-order valence-electron chi connectivity index (χ2n) is 7.46. The zero-order valence-electron chi connectivity index (χ0n) is 16.9. The highest BCUT2D eigenvalue weighted by molar-refractivity contribution is 8.16. The lowest BCUT2D eigenvalue weighted by Crippen LogP contribution is -2.39. The number of sulfone groups is 1. The first-order valence-corrected chi connectivity index (χ1v) is 12.3. The van der Waals surface area contributed by atoms with Crippen LogP contribution in [0, 0.1) is 0 Å². The van der Waals surface area contributed by atoms with Gasteiger partial charge < -0.3 is 9.64 Å². The Kier molecular flexibility index (Phi) is 5.97. The number of amides is 1. The summed E-state index contributed by atoms with van der Waals surface area (Å²) in [5.41, 5.74) is -0.520. The third-order valence-electron chi connectivity index (χ3n) is 5.29. The monoisotopic (exact) mass is 484 g/mol. The van der Waals surface area contributed by atoms with E-state index in [4.69, 9.17) is 4.74 Å². The summed E-state index contributed by atoms with van der Waals surface area (Å²) >= 11 is 1.03. The van der Waals surface area contributed by atoms with Gasteiger partial charge in [-0.3, -0.25) is 4.79 Å². The van der Waals surface area contributed by atoms with Crippen LogP contribution in [0.3, 0.4) is 0 Å². The normalized spacial score (nSPS) is 23.4. The van der Waals surface area contributed by atoms with Crippen LogP contribution < -0.4 is 9.64 Å². The number of fused-ring (bicyclic) bond motifs is 1. The first kappa shape index (κ1) is 22.7. The average Bonchev–Trinajstić information content (AvgIpc) is 3.18. The van der Waals surface area contributed by atoms with Crippen LogP contribution in [0.1, 0.15) is 11.1 Å². The number of anilines is 1. The number of ether oxygens (including phenoxy) is 1. The van der Waals surface area contributed by atoms with Crippen LogP contribution in [-0.4, -0.2) is 49.4 Å². The number of benzene rings is 2. The molecular weight excluding hydrogens is 465 g/mol. The van der Waals surface area contributed by atoms with E-state index < -0.39 is 38.8 Å². The lowest BCUT2D eigenvalue weighted by molar-refractivity contribution is -0.137. The predicted octanol–water partition coefficient (Wildman–Crippen LogP) is 3.56. The van der Waals surface area contributed by atoms with Gasteiger partial charge in [0.2, 0.25) is 0 Å². The van der Waals surface area contributed by atoms with Crippen molar-refractivity contribution < 1.29 is 31.1 Å². The van der Waals surface area contributed by atoms with Crippen LogP contribution in [0.2, 0.25) is 0 Å². The number of nitrogens with zero attached hydrogens (tertiary/aromatic N) is 2. The van der Waals surface area contributed by atoms with Gasteiger partial charge in [0.25, 0.3) is 5.91 Å². The Morgan fingerprint density at radius 1 is 1.16 bits per heavy atom. The number of carbonyl (C=O) groups is 1. The minimum atomic E-state index is -4.65. The first-order chi connectivity index (χ1) is 15.1. The number of hydrogen-bond acceptors (Lipinski definition) is 5. The second kappa shape index (κ2) is 8.43. The van der Waals surface area contributed by atoms with Crippen molar-refractivity contribution >= 4 is 38.4 Å². The molecule has 6 nitrogen and oxygen atoms in total. The standard InChI is InChI=1S/C21H19F3N2O4S2/c1-30-17-9-5-2-6-13(17)10-19(27)25-20-26(16-11-32(28,29)12-18(16)31-20)15-8-4-3-7-14(15)21(22,23)24/h2-9,16,18H,10-12H2,1H3/t16-,18-/m1/s1. The van der Waals surface area contributed by atoms with Gasteiger partial charge in [-0.15, -0.1) is 0 Å². The molecule has 4 rings (SSSR count). The van der Waals surface area contributed by atoms with Gasteiger partial charge in [-0.25, -0.2) is 8.42 Å². The molecule has 2 heterocycles. The summed E-state index contributed by atoms with van der Waals surface area (Å²) in [7, 11) is -1.93. The molecule has 0 aliphatic carbocycles. The Balaban J connectivity index is 1.72. The summed E-state index contributed by atoms with van der Waals surface area (Å²) in [4.78, 5) is 18.1. The molecule has 2 fully saturated rings. The molecule has 2 aromatic rings. The Hall–Kier alpha value is -2.53. The van der Waals surface area contributed by atoms with Gasteiger partial charge in [0, 0.05) is 10.8 Å². The maximum atomic E-state index is 13.7. The molecule has 0 saturated carbocycles. The minimum absolute atomic E-state index is 0.0755. The first-order valence-electron chi connectivity index (χ1n) is 9.65. The van der Waals surface area contributed by atoms with E-state index in [0.29, 0.717) is 11.3 Å². The maximum absolute atomic E-state index is 13.7. The van der Waals surface area contributed by atoms with Crippen molar-refractivity contribution in [3.05, 3.63) is 59.7 Å². The number of alkyl halides is 3. The van der Waals surface area contributed by atoms with E-state index in [2.05, 4.69) is 4.99 Å². The number of rotatable bonds is 4. The highest BCUT2D eigenvalue weighted by Crippen LogP contribution is 2.45. The van der Waals surface area contributed by atoms with Gasteiger partial charge in [-0.05, 0) is 18.2 Å². The molecule has 0 radical (unpaired) electrons. The third-order valence-corrected chi connectivity index (χ3v) is 8.50. The van der Waals surface area contributed by atoms with Crippen molar-refractivity contribution in [1.82, 2.24) is 0 Å². The molecule has 2 aliphatic rings. The molecule has 1 amide bonds. The van der Waals surface area contributed by atoms with E-state index in [1.807, 2.05) is 0 Å². The SMILES string of the molecule is COc1ccccc1CC(=O)N=C1S[C@@H]2CS(=O)(=O)C[C@H]2N1c1ccccc1C(F)(F)F. The molecule has 2 aliphatic heterocycles. The Bertz CT molecular complexity index is 1180. The Morgan fingerprint density at radius 2 is 1.84 bits per heavy atom. The maximum Gasteiger partial charge on any atom is 0.418 e. The molecule has 0 N–H and O–H groups in total. The summed E-state index contributed by atoms with van der Waals surface area (Å²) in [5, 5.41) is -0.425. The lowest BCUT2D eigenvalue weighted by Gasteiger charge is -2.27. The van der Waals surface area contributed by atoms with Crippen LogP contribution in [0.25, 0.3) is 0 Å². The molecular formula is C21H19F3N2O4S2. The van der Waals surface area contributed by atoms with Gasteiger partial charge >= 0.3 is 6.18 Å². The summed E-state index contributed by atoms with van der Waals surface area (Å²) in [6.07, 6.45) is -4.75. The zero-order valence-corrected chi connectivity index (χ0v) is 18.5. The molecule has 2 aromatic carbocycles. The number of halogens is 3. The number of hydrogen-bond donors (Lipinski definition) is 0. The molecule has 2 atom stereocenters. The van der Waals surface area contributed by atoms with Gasteiger partial charge in [0.05, 0.1) is 42.3 Å². The van der Waals surface area contributed by atoms with Crippen molar-refractivity contribution in [2.45, 2.75) is 23.9 Å². The second-order valence-corrected chi connectivity index (χ2v) is 10.8. The zero-order chi connectivity index (χ0) is 23.1. The van der Waals surface area contributed by atoms with Crippen molar-refractivity contribution in [2.75, 3.05) is 23.5 Å². The number of para-hydroxylation sites is 2. The van der Waals surface area contributed by atoms with E-state index in [1.54, 1.807) is 24.3 Å². The third kappa shape index (κ3) is 4.49. The summed E-state index contributed by atoms with van der Waals surface area (Å²) < 4.78 is 70.6. The molecule has 0 unspecified atom stereocenters. The van der Waals surface area contributed by atoms with Gasteiger partial charge in [-0.2, -0.15) is 18.2 Å². The Morgan fingerprint density at radius 3 is 2.56 bits per heavy atom. The topological polar surface area (TPSA) is 76.0 Å². The van der Waals surface area contributed by atoms with Gasteiger partial charge in [0.1, 0.15) is 5.75 Å². The number of carbonyl (C=O) groups excluding carboxylic acids is 1. The fourth-order valence-corrected chi connectivity index (χ4v) is 7.85. The predicted molar refractivity (Wildman–Crippen MR) is 117 cm³/mol. The number of aliphatic imine (C=N–C) groups is 1. The summed E-state index contributed by atoms with van der Waals surface area (Å²) in [5.74, 6) is -0.528. The van der Waals surface area contributed by atoms with Crippen molar-refractivity contribution in [3.63, 3.8) is 0 Å². The highest BCUT2D eigenvalue weighted by atomic mass is 32.2. The lowest BCUT2D eigenvalue weighted by atomic mass is 10.1. The molecule has 0 bridgehead atoms. The smallest absolute Gasteiger partial charge is 0.418 e. The van der Waals surface area contributed by atoms with Crippen LogP contribution >= 0.6 is 11.8 Å². The van der Waals surface area contributed by atoms with Crippen molar-refractivity contribution in [3.8, 4) is 5.75 Å². The fraction of sp³-hybridized carbons (Fsp3) is 0.333. The molecule has 0 spiro atoms. The van der Waals surface area contributed by atoms with E-state index in [1.165, 1.54) is 30.2 Å². The van der Waals surface area contributed by atoms with Crippen molar-refractivity contribution in [2.24, 2.45) is 4.99 Å². The molecule has 0 aromatic heterocycles. The molecule has 2 saturated heterocycles. The Labute approximate surface area is 187 Å². The largest absolute Gasteiger partial charge is 0.496 e.